The highest BCUT2D eigenvalue weighted by molar-refractivity contribution is 7.45. The van der Waals surface area contributed by atoms with Gasteiger partial charge in [0.05, 0.1) is 11.9 Å². The summed E-state index contributed by atoms with van der Waals surface area (Å²) >= 11 is 0. The molecule has 0 saturated heterocycles. The number of hydrogen-bond donors (Lipinski definition) is 3. The van der Waals surface area contributed by atoms with E-state index in [1.807, 2.05) is 0 Å². The SMILES string of the molecule is Nc1cnn(CCP(O)O)c1. The third kappa shape index (κ3) is 2.84. The molecular weight excluding hydrogens is 165 g/mol. The molecule has 6 heteroatoms. The molecule has 4 N–H and O–H groups in total. The van der Waals surface area contributed by atoms with Crippen LogP contribution in [0.3, 0.4) is 0 Å². The molecule has 0 unspecified atom stereocenters. The summed E-state index contributed by atoms with van der Waals surface area (Å²) in [5.41, 5.74) is 5.97. The van der Waals surface area contributed by atoms with E-state index in [-0.39, 0.29) is 0 Å². The van der Waals surface area contributed by atoms with Crippen molar-refractivity contribution in [3.05, 3.63) is 12.4 Å². The number of nitrogens with two attached hydrogens (primary N) is 1. The van der Waals surface area contributed by atoms with E-state index in [2.05, 4.69) is 5.10 Å². The van der Waals surface area contributed by atoms with Gasteiger partial charge in [-0.2, -0.15) is 5.10 Å². The van der Waals surface area contributed by atoms with Crippen LogP contribution in [0.25, 0.3) is 0 Å². The van der Waals surface area contributed by atoms with Gasteiger partial charge in [-0.1, -0.05) is 0 Å². The quantitative estimate of drug-likeness (QED) is 0.553. The van der Waals surface area contributed by atoms with E-state index in [0.717, 1.165) is 0 Å². The Balaban J connectivity index is 2.39. The lowest BCUT2D eigenvalue weighted by molar-refractivity contribution is 0.474. The van der Waals surface area contributed by atoms with Crippen LogP contribution in [0.15, 0.2) is 12.4 Å². The molecule has 0 spiro atoms. The second-order valence-corrected chi connectivity index (χ2v) is 3.32. The lowest BCUT2D eigenvalue weighted by Gasteiger charge is -2.01. The van der Waals surface area contributed by atoms with Crippen molar-refractivity contribution in [2.45, 2.75) is 6.54 Å². The summed E-state index contributed by atoms with van der Waals surface area (Å²) in [6.07, 6.45) is 3.51. The molecule has 0 saturated carbocycles. The van der Waals surface area contributed by atoms with Gasteiger partial charge in [-0.15, -0.1) is 0 Å². The summed E-state index contributed by atoms with van der Waals surface area (Å²) in [4.78, 5) is 17.1. The summed E-state index contributed by atoms with van der Waals surface area (Å²) in [6.45, 7) is 0.496. The Kier molecular flexibility index (Phi) is 2.82. The highest BCUT2D eigenvalue weighted by Gasteiger charge is 1.99. The van der Waals surface area contributed by atoms with Gasteiger partial charge < -0.3 is 15.5 Å². The molecule has 0 bridgehead atoms. The molecule has 11 heavy (non-hydrogen) atoms. The number of nitrogen functional groups attached to an aromatic ring is 1. The molecule has 0 aliphatic heterocycles. The maximum atomic E-state index is 8.57. The summed E-state index contributed by atoms with van der Waals surface area (Å²) in [5.74, 6) is 0. The van der Waals surface area contributed by atoms with Crippen molar-refractivity contribution in [3.63, 3.8) is 0 Å². The van der Waals surface area contributed by atoms with Crippen molar-refractivity contribution in [1.29, 1.82) is 0 Å². The van der Waals surface area contributed by atoms with Crippen molar-refractivity contribution in [1.82, 2.24) is 9.78 Å². The predicted molar refractivity (Wildman–Crippen MR) is 42.9 cm³/mol. The first-order valence-corrected chi connectivity index (χ1v) is 4.55. The zero-order valence-corrected chi connectivity index (χ0v) is 6.78. The van der Waals surface area contributed by atoms with Crippen LogP contribution in [0.4, 0.5) is 5.69 Å². The van der Waals surface area contributed by atoms with E-state index < -0.39 is 8.38 Å². The Morgan fingerprint density at radius 2 is 2.36 bits per heavy atom. The molecule has 1 heterocycles. The van der Waals surface area contributed by atoms with Crippen molar-refractivity contribution < 1.29 is 9.79 Å². The zero-order valence-electron chi connectivity index (χ0n) is 5.88. The zero-order chi connectivity index (χ0) is 8.27. The summed E-state index contributed by atoms with van der Waals surface area (Å²) in [7, 11) is -1.82. The fourth-order valence-corrected chi connectivity index (χ4v) is 1.08. The van der Waals surface area contributed by atoms with Crippen molar-refractivity contribution in [2.75, 3.05) is 11.9 Å². The number of rotatable bonds is 3. The molecule has 1 rings (SSSR count). The Bertz CT molecular complexity index is 225. The van der Waals surface area contributed by atoms with Gasteiger partial charge in [0.25, 0.3) is 0 Å². The van der Waals surface area contributed by atoms with E-state index in [9.17, 15) is 0 Å². The molecule has 5 nitrogen and oxygen atoms in total. The predicted octanol–water partition coefficient (Wildman–Crippen LogP) is -0.238. The molecule has 0 amide bonds. The van der Waals surface area contributed by atoms with Crippen molar-refractivity contribution >= 4 is 14.1 Å². The van der Waals surface area contributed by atoms with E-state index >= 15 is 0 Å². The molecule has 0 aromatic carbocycles. The van der Waals surface area contributed by atoms with Gasteiger partial charge in [0, 0.05) is 18.9 Å². The summed E-state index contributed by atoms with van der Waals surface area (Å²) in [6, 6.07) is 0. The number of hydrogen-bond acceptors (Lipinski definition) is 4. The van der Waals surface area contributed by atoms with E-state index in [1.54, 1.807) is 10.9 Å². The molecule has 0 radical (unpaired) electrons. The first-order valence-electron chi connectivity index (χ1n) is 3.11. The highest BCUT2D eigenvalue weighted by Crippen LogP contribution is 2.22. The minimum Gasteiger partial charge on any atom is -0.396 e. The van der Waals surface area contributed by atoms with Crippen LogP contribution >= 0.6 is 8.38 Å². The molecule has 0 aliphatic carbocycles. The number of nitrogens with zero attached hydrogens (tertiary/aromatic N) is 2. The molecule has 0 atom stereocenters. The molecule has 0 aliphatic rings. The molecule has 1 aromatic heterocycles. The molecule has 62 valence electrons. The fourth-order valence-electron chi connectivity index (χ4n) is 0.694. The Hall–Kier alpha value is -0.640. The highest BCUT2D eigenvalue weighted by atomic mass is 31.2. The number of anilines is 1. The van der Waals surface area contributed by atoms with Crippen LogP contribution in [0.2, 0.25) is 0 Å². The minimum absolute atomic E-state index is 0.330. The third-order valence-electron chi connectivity index (χ3n) is 1.18. The van der Waals surface area contributed by atoms with Gasteiger partial charge in [0.15, 0.2) is 8.38 Å². The van der Waals surface area contributed by atoms with E-state index in [0.29, 0.717) is 18.4 Å². The van der Waals surface area contributed by atoms with Gasteiger partial charge in [0.2, 0.25) is 0 Å². The fraction of sp³-hybridized carbons (Fsp3) is 0.400. The van der Waals surface area contributed by atoms with Gasteiger partial charge in [-0.3, -0.25) is 4.68 Å². The van der Waals surface area contributed by atoms with Gasteiger partial charge in [0.1, 0.15) is 0 Å². The van der Waals surface area contributed by atoms with Crippen LogP contribution in [-0.2, 0) is 6.54 Å². The maximum Gasteiger partial charge on any atom is 0.166 e. The van der Waals surface area contributed by atoms with E-state index in [4.69, 9.17) is 15.5 Å². The monoisotopic (exact) mass is 175 g/mol. The standard InChI is InChI=1S/C5H10N3O2P/c6-5-3-7-8(4-5)1-2-11(9)10/h3-4,9-10H,1-2,6H2. The number of aryl methyl sites for hydroxylation is 1. The summed E-state index contributed by atoms with van der Waals surface area (Å²) < 4.78 is 1.58. The topological polar surface area (TPSA) is 84.3 Å². The molecular formula is C5H10N3O2P. The van der Waals surface area contributed by atoms with Crippen molar-refractivity contribution in [2.24, 2.45) is 0 Å². The van der Waals surface area contributed by atoms with Crippen LogP contribution in [0.5, 0.6) is 0 Å². The number of aromatic nitrogens is 2. The Morgan fingerprint density at radius 1 is 1.64 bits per heavy atom. The average molecular weight is 175 g/mol. The smallest absolute Gasteiger partial charge is 0.166 e. The lowest BCUT2D eigenvalue weighted by atomic mass is 10.6. The Morgan fingerprint density at radius 3 is 2.82 bits per heavy atom. The first kappa shape index (κ1) is 8.46. The molecule has 1 aromatic rings. The van der Waals surface area contributed by atoms with Gasteiger partial charge in [-0.25, -0.2) is 0 Å². The second kappa shape index (κ2) is 3.67. The van der Waals surface area contributed by atoms with Gasteiger partial charge in [-0.05, 0) is 0 Å². The first-order chi connectivity index (χ1) is 5.18. The summed E-state index contributed by atoms with van der Waals surface area (Å²) in [5, 5.41) is 3.87. The van der Waals surface area contributed by atoms with Crippen molar-refractivity contribution in [3.8, 4) is 0 Å². The largest absolute Gasteiger partial charge is 0.396 e. The lowest BCUT2D eigenvalue weighted by Crippen LogP contribution is -2.01. The second-order valence-electron chi connectivity index (χ2n) is 2.13. The third-order valence-corrected chi connectivity index (χ3v) is 1.78. The average Bonchev–Trinajstić information content (AvgIpc) is 2.31. The maximum absolute atomic E-state index is 8.57. The van der Waals surface area contributed by atoms with E-state index in [1.165, 1.54) is 6.20 Å². The van der Waals surface area contributed by atoms with Crippen LogP contribution in [0, 0.1) is 0 Å². The van der Waals surface area contributed by atoms with Crippen LogP contribution in [-0.4, -0.2) is 25.7 Å². The Labute approximate surface area is 65.4 Å². The van der Waals surface area contributed by atoms with Crippen LogP contribution < -0.4 is 5.73 Å². The normalized spacial score (nSPS) is 10.8. The van der Waals surface area contributed by atoms with Gasteiger partial charge >= 0.3 is 0 Å². The minimum atomic E-state index is -1.82. The molecule has 0 fully saturated rings. The van der Waals surface area contributed by atoms with Crippen LogP contribution in [0.1, 0.15) is 0 Å².